The SMILES string of the molecule is C(=Cc1cc2c3c(ccc4cccc(c43)C2(c2ccccc2)c2ccccc2)c1)c1ccc2cc(N(c3ccccc3)c3ccccc3)ccc2c1. The van der Waals surface area contributed by atoms with E-state index < -0.39 is 5.41 Å². The van der Waals surface area contributed by atoms with Crippen molar-refractivity contribution in [2.75, 3.05) is 4.90 Å². The maximum absolute atomic E-state index is 2.44. The van der Waals surface area contributed by atoms with Crippen LogP contribution in [0.15, 0.2) is 200 Å². The number of rotatable bonds is 7. The first-order valence-corrected chi connectivity index (χ1v) is 18.0. The van der Waals surface area contributed by atoms with Crippen molar-refractivity contribution < 1.29 is 0 Å². The van der Waals surface area contributed by atoms with Crippen LogP contribution < -0.4 is 4.90 Å². The first-order chi connectivity index (χ1) is 25.8. The van der Waals surface area contributed by atoms with Crippen molar-refractivity contribution in [2.24, 2.45) is 0 Å². The highest BCUT2D eigenvalue weighted by atomic mass is 15.1. The summed E-state index contributed by atoms with van der Waals surface area (Å²) in [6.07, 6.45) is 4.54. The predicted octanol–water partition coefficient (Wildman–Crippen LogP) is 13.5. The highest BCUT2D eigenvalue weighted by molar-refractivity contribution is 6.16. The molecule has 0 N–H and O–H groups in total. The maximum atomic E-state index is 2.44. The quantitative estimate of drug-likeness (QED) is 0.121. The standard InChI is InChI=1S/C51H35N/c1-5-15-42(16-6-1)51(43-17-7-2-8-18-43)47-23-13-14-38-28-29-41-33-37(34-48(51)50(41)49(38)47)25-24-36-26-27-40-35-46(31-30-39(40)32-36)52(44-19-9-3-10-20-44)45-21-11-4-12-22-45/h1-35H. The van der Waals surface area contributed by atoms with Crippen molar-refractivity contribution in [3.8, 4) is 0 Å². The molecule has 0 heterocycles. The Morgan fingerprint density at radius 3 is 1.52 bits per heavy atom. The molecular formula is C51H35N. The Kier molecular flexibility index (Phi) is 7.11. The number of benzene rings is 9. The largest absolute Gasteiger partial charge is 0.310 e. The second-order valence-corrected chi connectivity index (χ2v) is 13.7. The number of fused-ring (bicyclic) bond motifs is 1. The minimum atomic E-state index is -0.415. The van der Waals surface area contributed by atoms with Gasteiger partial charge in [-0.2, -0.15) is 0 Å². The number of anilines is 3. The smallest absolute Gasteiger partial charge is 0.0714 e. The molecule has 0 amide bonds. The lowest BCUT2D eigenvalue weighted by Gasteiger charge is -2.34. The van der Waals surface area contributed by atoms with Gasteiger partial charge in [-0.15, -0.1) is 0 Å². The zero-order valence-electron chi connectivity index (χ0n) is 28.7. The van der Waals surface area contributed by atoms with Gasteiger partial charge in [0.15, 0.2) is 0 Å². The average molecular weight is 662 g/mol. The van der Waals surface area contributed by atoms with Crippen LogP contribution in [0.1, 0.15) is 33.4 Å². The van der Waals surface area contributed by atoms with Crippen LogP contribution in [0.25, 0.3) is 44.5 Å². The van der Waals surface area contributed by atoms with Gasteiger partial charge in [0, 0.05) is 17.1 Å². The number of hydrogen-bond acceptors (Lipinski definition) is 1. The van der Waals surface area contributed by atoms with E-state index in [2.05, 4.69) is 217 Å². The van der Waals surface area contributed by atoms with Crippen molar-refractivity contribution in [3.63, 3.8) is 0 Å². The molecule has 10 rings (SSSR count). The van der Waals surface area contributed by atoms with E-state index >= 15 is 0 Å². The molecule has 0 aromatic heterocycles. The Labute approximate surface area is 304 Å². The summed E-state index contributed by atoms with van der Waals surface area (Å²) in [5.41, 5.74) is 10.7. The molecule has 1 nitrogen and oxygen atoms in total. The number of para-hydroxylation sites is 2. The summed E-state index contributed by atoms with van der Waals surface area (Å²) < 4.78 is 0. The fourth-order valence-corrected chi connectivity index (χ4v) is 8.57. The Morgan fingerprint density at radius 2 is 0.846 bits per heavy atom. The molecule has 0 unspecified atom stereocenters. The van der Waals surface area contributed by atoms with Crippen LogP contribution in [0.2, 0.25) is 0 Å². The monoisotopic (exact) mass is 661 g/mol. The third-order valence-corrected chi connectivity index (χ3v) is 10.8. The minimum absolute atomic E-state index is 0.415. The Balaban J connectivity index is 1.07. The van der Waals surface area contributed by atoms with Gasteiger partial charge in [0.1, 0.15) is 0 Å². The van der Waals surface area contributed by atoms with Crippen molar-refractivity contribution >= 4 is 61.5 Å². The highest BCUT2D eigenvalue weighted by Gasteiger charge is 2.44. The topological polar surface area (TPSA) is 3.24 Å². The molecule has 0 aliphatic heterocycles. The van der Waals surface area contributed by atoms with E-state index in [4.69, 9.17) is 0 Å². The predicted molar refractivity (Wildman–Crippen MR) is 221 cm³/mol. The van der Waals surface area contributed by atoms with Crippen LogP contribution in [0.5, 0.6) is 0 Å². The lowest BCUT2D eigenvalue weighted by molar-refractivity contribution is 0.771. The van der Waals surface area contributed by atoms with E-state index in [1.54, 1.807) is 0 Å². The van der Waals surface area contributed by atoms with E-state index in [0.717, 1.165) is 17.1 Å². The van der Waals surface area contributed by atoms with Crippen LogP contribution in [-0.2, 0) is 5.41 Å². The number of nitrogens with zero attached hydrogens (tertiary/aromatic N) is 1. The van der Waals surface area contributed by atoms with Gasteiger partial charge in [-0.3, -0.25) is 0 Å². The molecule has 0 saturated heterocycles. The van der Waals surface area contributed by atoms with E-state index in [9.17, 15) is 0 Å². The molecule has 0 fully saturated rings. The van der Waals surface area contributed by atoms with Crippen molar-refractivity contribution in [3.05, 3.63) is 234 Å². The molecule has 0 spiro atoms. The van der Waals surface area contributed by atoms with E-state index in [0.29, 0.717) is 0 Å². The van der Waals surface area contributed by atoms with Gasteiger partial charge in [-0.05, 0) is 120 Å². The summed E-state index contributed by atoms with van der Waals surface area (Å²) in [5, 5.41) is 7.72. The van der Waals surface area contributed by atoms with Gasteiger partial charge >= 0.3 is 0 Å². The van der Waals surface area contributed by atoms with Crippen LogP contribution in [0, 0.1) is 0 Å². The molecule has 1 aliphatic carbocycles. The second kappa shape index (κ2) is 12.3. The van der Waals surface area contributed by atoms with Crippen molar-refractivity contribution in [1.82, 2.24) is 0 Å². The first-order valence-electron chi connectivity index (χ1n) is 18.0. The van der Waals surface area contributed by atoms with E-state index in [-0.39, 0.29) is 0 Å². The average Bonchev–Trinajstić information content (AvgIpc) is 3.52. The summed E-state index contributed by atoms with van der Waals surface area (Å²) in [4.78, 5) is 2.31. The van der Waals surface area contributed by atoms with Crippen molar-refractivity contribution in [1.29, 1.82) is 0 Å². The summed E-state index contributed by atoms with van der Waals surface area (Å²) >= 11 is 0. The lowest BCUT2D eigenvalue weighted by Crippen LogP contribution is -2.28. The maximum Gasteiger partial charge on any atom is 0.0714 e. The molecule has 0 radical (unpaired) electrons. The van der Waals surface area contributed by atoms with E-state index in [1.807, 2.05) is 0 Å². The summed E-state index contributed by atoms with van der Waals surface area (Å²) in [6.45, 7) is 0. The second-order valence-electron chi connectivity index (χ2n) is 13.7. The molecule has 0 saturated carbocycles. The van der Waals surface area contributed by atoms with Gasteiger partial charge in [0.2, 0.25) is 0 Å². The molecule has 52 heavy (non-hydrogen) atoms. The molecule has 9 aromatic carbocycles. The van der Waals surface area contributed by atoms with Crippen LogP contribution in [0.4, 0.5) is 17.1 Å². The van der Waals surface area contributed by atoms with Gasteiger partial charge < -0.3 is 4.90 Å². The van der Waals surface area contributed by atoms with Crippen LogP contribution in [0.3, 0.4) is 0 Å². The van der Waals surface area contributed by atoms with Crippen LogP contribution in [-0.4, -0.2) is 0 Å². The zero-order valence-corrected chi connectivity index (χ0v) is 28.7. The Bertz CT molecular complexity index is 2690. The Morgan fingerprint density at radius 1 is 0.327 bits per heavy atom. The van der Waals surface area contributed by atoms with Crippen molar-refractivity contribution in [2.45, 2.75) is 5.41 Å². The third kappa shape index (κ3) is 4.78. The number of hydrogen-bond donors (Lipinski definition) is 0. The molecule has 9 aromatic rings. The van der Waals surface area contributed by atoms with Crippen LogP contribution >= 0.6 is 0 Å². The molecule has 1 aliphatic rings. The molecule has 244 valence electrons. The summed E-state index contributed by atoms with van der Waals surface area (Å²) in [5.74, 6) is 0. The van der Waals surface area contributed by atoms with Gasteiger partial charge in [0.05, 0.1) is 5.41 Å². The fourth-order valence-electron chi connectivity index (χ4n) is 8.57. The first kappa shape index (κ1) is 30.2. The molecule has 1 heteroatoms. The van der Waals surface area contributed by atoms with E-state index in [1.165, 1.54) is 65.7 Å². The summed E-state index contributed by atoms with van der Waals surface area (Å²) in [6, 6.07) is 73.0. The Hall–Kier alpha value is -6.70. The normalized spacial score (nSPS) is 13.1. The molecular weight excluding hydrogens is 627 g/mol. The molecule has 0 bridgehead atoms. The zero-order chi connectivity index (χ0) is 34.5. The third-order valence-electron chi connectivity index (χ3n) is 10.8. The lowest BCUT2D eigenvalue weighted by atomic mass is 9.67. The summed E-state index contributed by atoms with van der Waals surface area (Å²) in [7, 11) is 0. The fraction of sp³-hybridized carbons (Fsp3) is 0.0196. The highest BCUT2D eigenvalue weighted by Crippen LogP contribution is 2.56. The van der Waals surface area contributed by atoms with Gasteiger partial charge in [-0.1, -0.05) is 158 Å². The van der Waals surface area contributed by atoms with Gasteiger partial charge in [-0.25, -0.2) is 0 Å². The van der Waals surface area contributed by atoms with Gasteiger partial charge in [0.25, 0.3) is 0 Å². The minimum Gasteiger partial charge on any atom is -0.310 e. The molecule has 0 atom stereocenters.